The highest BCUT2D eigenvalue weighted by Gasteiger charge is 2.38. The van der Waals surface area contributed by atoms with Gasteiger partial charge in [0.2, 0.25) is 5.91 Å². The zero-order chi connectivity index (χ0) is 16.2. The van der Waals surface area contributed by atoms with Crippen molar-refractivity contribution in [3.8, 4) is 0 Å². The molecule has 0 radical (unpaired) electrons. The molecule has 0 saturated carbocycles. The molecule has 6 nitrogen and oxygen atoms in total. The van der Waals surface area contributed by atoms with E-state index in [0.717, 1.165) is 25.9 Å². The number of piperidine rings is 1. The van der Waals surface area contributed by atoms with Crippen LogP contribution in [0.2, 0.25) is 0 Å². The number of ether oxygens (including phenoxy) is 1. The van der Waals surface area contributed by atoms with E-state index < -0.39 is 11.9 Å². The lowest BCUT2D eigenvalue weighted by Gasteiger charge is -2.32. The summed E-state index contributed by atoms with van der Waals surface area (Å²) in [5, 5.41) is 3.08. The van der Waals surface area contributed by atoms with Gasteiger partial charge in [0.15, 0.2) is 0 Å². The number of furan rings is 1. The van der Waals surface area contributed by atoms with E-state index in [0.29, 0.717) is 11.8 Å². The molecule has 3 atom stereocenters. The van der Waals surface area contributed by atoms with Crippen LogP contribution < -0.4 is 5.32 Å². The van der Waals surface area contributed by atoms with Crippen molar-refractivity contribution >= 4 is 11.9 Å². The molecule has 0 aromatic carbocycles. The molecular formula is C17H24N2O4. The van der Waals surface area contributed by atoms with Crippen LogP contribution in [0.1, 0.15) is 31.4 Å². The number of nitrogens with one attached hydrogen (secondary N) is 1. The molecule has 2 aliphatic heterocycles. The van der Waals surface area contributed by atoms with Gasteiger partial charge in [-0.2, -0.15) is 0 Å². The monoisotopic (exact) mass is 320 g/mol. The van der Waals surface area contributed by atoms with Crippen LogP contribution in [0.3, 0.4) is 0 Å². The molecule has 3 rings (SSSR count). The van der Waals surface area contributed by atoms with Crippen molar-refractivity contribution in [3.63, 3.8) is 0 Å². The van der Waals surface area contributed by atoms with Gasteiger partial charge in [-0.1, -0.05) is 6.42 Å². The number of nitrogens with zero attached hydrogens (tertiary/aromatic N) is 1. The number of carbonyl (C=O) groups excluding carboxylic acids is 2. The van der Waals surface area contributed by atoms with E-state index in [1.54, 1.807) is 18.4 Å². The van der Waals surface area contributed by atoms with Crippen molar-refractivity contribution in [1.29, 1.82) is 0 Å². The largest absolute Gasteiger partial charge is 0.469 e. The Morgan fingerprint density at radius 2 is 2.26 bits per heavy atom. The van der Waals surface area contributed by atoms with Crippen molar-refractivity contribution in [2.24, 2.45) is 5.92 Å². The Hall–Kier alpha value is -1.82. The summed E-state index contributed by atoms with van der Waals surface area (Å²) in [6.45, 7) is 2.14. The SMILES string of the molecule is COC(=O)C(Cc1ccco1)C(=O)NC1CCN2CCCCC12. The summed E-state index contributed by atoms with van der Waals surface area (Å²) in [5.74, 6) is -1.02. The van der Waals surface area contributed by atoms with Gasteiger partial charge in [-0.05, 0) is 37.9 Å². The summed E-state index contributed by atoms with van der Waals surface area (Å²) in [6.07, 6.45) is 6.28. The lowest BCUT2D eigenvalue weighted by molar-refractivity contribution is -0.150. The second-order valence-corrected chi connectivity index (χ2v) is 6.36. The maximum atomic E-state index is 12.6. The predicted molar refractivity (Wildman–Crippen MR) is 83.7 cm³/mol. The van der Waals surface area contributed by atoms with Gasteiger partial charge >= 0.3 is 5.97 Å². The van der Waals surface area contributed by atoms with E-state index in [4.69, 9.17) is 9.15 Å². The van der Waals surface area contributed by atoms with E-state index >= 15 is 0 Å². The van der Waals surface area contributed by atoms with Crippen LogP contribution in [0.5, 0.6) is 0 Å². The number of amides is 1. The molecule has 2 aliphatic rings. The molecule has 1 N–H and O–H groups in total. The first kappa shape index (κ1) is 16.1. The molecule has 3 unspecified atom stereocenters. The molecule has 0 bridgehead atoms. The Morgan fingerprint density at radius 3 is 3.00 bits per heavy atom. The number of methoxy groups -OCH3 is 1. The Bertz CT molecular complexity index is 543. The minimum absolute atomic E-state index is 0.131. The van der Waals surface area contributed by atoms with Crippen LogP contribution in [0, 0.1) is 5.92 Å². The molecule has 1 aromatic heterocycles. The Labute approximate surface area is 136 Å². The quantitative estimate of drug-likeness (QED) is 0.655. The van der Waals surface area contributed by atoms with Crippen molar-refractivity contribution < 1.29 is 18.7 Å². The fourth-order valence-electron chi connectivity index (χ4n) is 3.75. The molecule has 0 spiro atoms. The third-order valence-corrected chi connectivity index (χ3v) is 4.97. The Kier molecular flexibility index (Phi) is 5.00. The molecule has 2 saturated heterocycles. The molecule has 3 heterocycles. The lowest BCUT2D eigenvalue weighted by atomic mass is 9.97. The number of fused-ring (bicyclic) bond motifs is 1. The van der Waals surface area contributed by atoms with Gasteiger partial charge in [0.05, 0.1) is 13.4 Å². The van der Waals surface area contributed by atoms with E-state index in [9.17, 15) is 9.59 Å². The average molecular weight is 320 g/mol. The summed E-state index contributed by atoms with van der Waals surface area (Å²) in [7, 11) is 1.31. The smallest absolute Gasteiger partial charge is 0.318 e. The van der Waals surface area contributed by atoms with Crippen LogP contribution in [-0.4, -0.2) is 49.1 Å². The van der Waals surface area contributed by atoms with Crippen molar-refractivity contribution in [1.82, 2.24) is 10.2 Å². The minimum Gasteiger partial charge on any atom is -0.469 e. The highest BCUT2D eigenvalue weighted by Crippen LogP contribution is 2.27. The maximum absolute atomic E-state index is 12.6. The molecule has 6 heteroatoms. The minimum atomic E-state index is -0.858. The Balaban J connectivity index is 1.64. The molecule has 23 heavy (non-hydrogen) atoms. The van der Waals surface area contributed by atoms with Crippen molar-refractivity contribution in [3.05, 3.63) is 24.2 Å². The van der Waals surface area contributed by atoms with E-state index in [1.807, 2.05) is 0 Å². The van der Waals surface area contributed by atoms with Gasteiger partial charge < -0.3 is 14.5 Å². The van der Waals surface area contributed by atoms with E-state index in [-0.39, 0.29) is 18.4 Å². The predicted octanol–water partition coefficient (Wildman–Crippen LogP) is 1.35. The number of hydrogen-bond donors (Lipinski definition) is 1. The molecule has 2 fully saturated rings. The molecule has 126 valence electrons. The number of carbonyl (C=O) groups is 2. The number of esters is 1. The van der Waals surface area contributed by atoms with Gasteiger partial charge in [0, 0.05) is 25.0 Å². The van der Waals surface area contributed by atoms with Crippen LogP contribution in [0.15, 0.2) is 22.8 Å². The maximum Gasteiger partial charge on any atom is 0.318 e. The second kappa shape index (κ2) is 7.17. The normalized spacial score (nSPS) is 25.6. The van der Waals surface area contributed by atoms with Gasteiger partial charge in [-0.15, -0.1) is 0 Å². The Morgan fingerprint density at radius 1 is 1.39 bits per heavy atom. The van der Waals surface area contributed by atoms with Crippen LogP contribution in [0.25, 0.3) is 0 Å². The fourth-order valence-corrected chi connectivity index (χ4v) is 3.75. The number of hydrogen-bond acceptors (Lipinski definition) is 5. The van der Waals surface area contributed by atoms with Gasteiger partial charge in [0.1, 0.15) is 11.7 Å². The second-order valence-electron chi connectivity index (χ2n) is 6.36. The highest BCUT2D eigenvalue weighted by atomic mass is 16.5. The molecule has 1 aromatic rings. The highest BCUT2D eigenvalue weighted by molar-refractivity contribution is 5.98. The molecular weight excluding hydrogens is 296 g/mol. The van der Waals surface area contributed by atoms with Crippen molar-refractivity contribution in [2.75, 3.05) is 20.2 Å². The van der Waals surface area contributed by atoms with Gasteiger partial charge in [0.25, 0.3) is 0 Å². The summed E-state index contributed by atoms with van der Waals surface area (Å²) in [4.78, 5) is 27.1. The van der Waals surface area contributed by atoms with Crippen LogP contribution >= 0.6 is 0 Å². The lowest BCUT2D eigenvalue weighted by Crippen LogP contribution is -2.49. The topological polar surface area (TPSA) is 71.8 Å². The molecule has 1 amide bonds. The fraction of sp³-hybridized carbons (Fsp3) is 0.647. The summed E-state index contributed by atoms with van der Waals surface area (Å²) < 4.78 is 10.1. The third-order valence-electron chi connectivity index (χ3n) is 4.97. The summed E-state index contributed by atoms with van der Waals surface area (Å²) in [5.41, 5.74) is 0. The molecule has 0 aliphatic carbocycles. The van der Waals surface area contributed by atoms with Gasteiger partial charge in [-0.25, -0.2) is 0 Å². The standard InChI is InChI=1S/C17H24N2O4/c1-22-17(21)13(11-12-5-4-10-23-12)16(20)18-14-7-9-19-8-3-2-6-15(14)19/h4-5,10,13-15H,2-3,6-9,11H2,1H3,(H,18,20). The zero-order valence-electron chi connectivity index (χ0n) is 13.5. The zero-order valence-corrected chi connectivity index (χ0v) is 13.5. The first-order valence-corrected chi connectivity index (χ1v) is 8.33. The average Bonchev–Trinajstić information content (AvgIpc) is 3.22. The third kappa shape index (κ3) is 3.58. The van der Waals surface area contributed by atoms with Crippen LogP contribution in [0.4, 0.5) is 0 Å². The summed E-state index contributed by atoms with van der Waals surface area (Å²) >= 11 is 0. The van der Waals surface area contributed by atoms with E-state index in [1.165, 1.54) is 20.0 Å². The van der Waals surface area contributed by atoms with E-state index in [2.05, 4.69) is 10.2 Å². The van der Waals surface area contributed by atoms with Crippen LogP contribution in [-0.2, 0) is 20.7 Å². The number of rotatable bonds is 5. The van der Waals surface area contributed by atoms with Gasteiger partial charge in [-0.3, -0.25) is 14.5 Å². The van der Waals surface area contributed by atoms with Crippen molar-refractivity contribution in [2.45, 2.75) is 44.2 Å². The first-order valence-electron chi connectivity index (χ1n) is 8.33. The summed E-state index contributed by atoms with van der Waals surface area (Å²) in [6, 6.07) is 4.06. The first-order chi connectivity index (χ1) is 11.2.